The van der Waals surface area contributed by atoms with Gasteiger partial charge in [-0.25, -0.2) is 5.43 Å². The molecule has 0 radical (unpaired) electrons. The van der Waals surface area contributed by atoms with Crippen LogP contribution in [-0.2, 0) is 6.54 Å². The zero-order valence-corrected chi connectivity index (χ0v) is 13.8. The number of hydrogen-bond donors (Lipinski definition) is 1. The number of carbonyl (C=O) groups is 1. The first kappa shape index (κ1) is 16.4. The Kier molecular flexibility index (Phi) is 5.21. The predicted molar refractivity (Wildman–Crippen MR) is 95.8 cm³/mol. The molecule has 0 spiro atoms. The third-order valence-corrected chi connectivity index (χ3v) is 3.59. The van der Waals surface area contributed by atoms with Gasteiger partial charge in [0.25, 0.3) is 5.91 Å². The molecule has 1 N–H and O–H groups in total. The number of rotatable bonds is 6. The van der Waals surface area contributed by atoms with E-state index >= 15 is 0 Å². The van der Waals surface area contributed by atoms with E-state index in [2.05, 4.69) is 15.6 Å². The average Bonchev–Trinajstić information content (AvgIpc) is 3.15. The summed E-state index contributed by atoms with van der Waals surface area (Å²) in [5.41, 5.74) is 4.96. The summed E-state index contributed by atoms with van der Waals surface area (Å²) in [5.74, 6) is 0.516. The molecule has 1 heterocycles. The van der Waals surface area contributed by atoms with Crippen LogP contribution in [0.15, 0.2) is 72.1 Å². The van der Waals surface area contributed by atoms with Gasteiger partial charge >= 0.3 is 0 Å². The molecule has 0 atom stereocenters. The normalized spacial score (nSPS) is 10.8. The molecule has 0 unspecified atom stereocenters. The van der Waals surface area contributed by atoms with E-state index in [4.69, 9.17) is 4.74 Å². The van der Waals surface area contributed by atoms with Gasteiger partial charge in [0, 0.05) is 18.0 Å². The van der Waals surface area contributed by atoms with Gasteiger partial charge in [-0.15, -0.1) is 0 Å². The van der Waals surface area contributed by atoms with Gasteiger partial charge in [-0.05, 0) is 53.6 Å². The minimum absolute atomic E-state index is 0.257. The molecule has 1 amide bonds. The molecule has 0 saturated heterocycles. The van der Waals surface area contributed by atoms with E-state index in [0.717, 1.165) is 16.9 Å². The van der Waals surface area contributed by atoms with Crippen LogP contribution >= 0.6 is 0 Å². The zero-order chi connectivity index (χ0) is 17.5. The van der Waals surface area contributed by atoms with Crippen molar-refractivity contribution in [1.29, 1.82) is 0 Å². The Morgan fingerprint density at radius 1 is 1.24 bits per heavy atom. The fourth-order valence-electron chi connectivity index (χ4n) is 2.31. The second-order valence-corrected chi connectivity index (χ2v) is 5.38. The van der Waals surface area contributed by atoms with Crippen molar-refractivity contribution in [3.8, 4) is 5.75 Å². The number of nitrogens with one attached hydrogen (secondary N) is 1. The fraction of sp³-hybridized carbons (Fsp3) is 0.105. The average molecular weight is 334 g/mol. The van der Waals surface area contributed by atoms with Crippen molar-refractivity contribution in [1.82, 2.24) is 15.2 Å². The van der Waals surface area contributed by atoms with Gasteiger partial charge in [0.1, 0.15) is 5.75 Å². The molecule has 0 bridgehead atoms. The number of nitrogens with zero attached hydrogens (tertiary/aromatic N) is 3. The summed E-state index contributed by atoms with van der Waals surface area (Å²) in [7, 11) is 1.61. The fourth-order valence-corrected chi connectivity index (χ4v) is 2.31. The summed E-state index contributed by atoms with van der Waals surface area (Å²) < 4.78 is 6.90. The van der Waals surface area contributed by atoms with Crippen LogP contribution in [0.5, 0.6) is 5.75 Å². The number of carbonyl (C=O) groups excluding carboxylic acids is 1. The van der Waals surface area contributed by atoms with Crippen LogP contribution in [-0.4, -0.2) is 29.0 Å². The van der Waals surface area contributed by atoms with Gasteiger partial charge in [0.15, 0.2) is 0 Å². The smallest absolute Gasteiger partial charge is 0.271 e. The second-order valence-electron chi connectivity index (χ2n) is 5.38. The summed E-state index contributed by atoms with van der Waals surface area (Å²) >= 11 is 0. The largest absolute Gasteiger partial charge is 0.497 e. The van der Waals surface area contributed by atoms with Crippen LogP contribution < -0.4 is 10.2 Å². The number of hydrogen-bond acceptors (Lipinski definition) is 4. The van der Waals surface area contributed by atoms with Gasteiger partial charge in [-0.2, -0.15) is 10.2 Å². The minimum Gasteiger partial charge on any atom is -0.497 e. The summed E-state index contributed by atoms with van der Waals surface area (Å²) in [4.78, 5) is 12.2. The molecule has 6 heteroatoms. The zero-order valence-electron chi connectivity index (χ0n) is 13.8. The standard InChI is InChI=1S/C19H18N4O2/c1-25-18-8-6-15(7-9-18)13-20-22-19(24)17-5-2-4-16(12-17)14-23-11-3-10-21-23/h2-13H,14H2,1H3,(H,22,24)/b20-13+. The molecule has 0 fully saturated rings. The first-order valence-corrected chi connectivity index (χ1v) is 7.78. The SMILES string of the molecule is COc1ccc(/C=N/NC(=O)c2cccc(Cn3cccn3)c2)cc1. The maximum absolute atomic E-state index is 12.2. The van der Waals surface area contributed by atoms with Crippen LogP contribution in [0.4, 0.5) is 0 Å². The monoisotopic (exact) mass is 334 g/mol. The minimum atomic E-state index is -0.257. The van der Waals surface area contributed by atoms with E-state index < -0.39 is 0 Å². The highest BCUT2D eigenvalue weighted by Gasteiger charge is 2.05. The molecule has 0 aliphatic carbocycles. The number of ether oxygens (including phenoxy) is 1. The number of hydrazone groups is 1. The summed E-state index contributed by atoms with van der Waals surface area (Å²) in [5, 5.41) is 8.16. The van der Waals surface area contributed by atoms with Crippen molar-refractivity contribution in [2.24, 2.45) is 5.10 Å². The molecule has 0 aliphatic rings. The first-order chi connectivity index (χ1) is 12.2. The molecule has 6 nitrogen and oxygen atoms in total. The molecule has 3 rings (SSSR count). The predicted octanol–water partition coefficient (Wildman–Crippen LogP) is 2.70. The van der Waals surface area contributed by atoms with Gasteiger partial charge in [-0.1, -0.05) is 12.1 Å². The van der Waals surface area contributed by atoms with Crippen molar-refractivity contribution >= 4 is 12.1 Å². The van der Waals surface area contributed by atoms with Crippen molar-refractivity contribution in [3.05, 3.63) is 83.7 Å². The summed E-state index contributed by atoms with van der Waals surface area (Å²) in [6, 6.07) is 16.7. The highest BCUT2D eigenvalue weighted by Crippen LogP contribution is 2.10. The van der Waals surface area contributed by atoms with E-state index in [1.165, 1.54) is 0 Å². The number of amides is 1. The number of aromatic nitrogens is 2. The molecule has 0 aliphatic heterocycles. The molecular weight excluding hydrogens is 316 g/mol. The van der Waals surface area contributed by atoms with Crippen LogP contribution in [0.25, 0.3) is 0 Å². The molecule has 126 valence electrons. The van der Waals surface area contributed by atoms with E-state index in [9.17, 15) is 4.79 Å². The molecule has 1 aromatic heterocycles. The lowest BCUT2D eigenvalue weighted by Gasteiger charge is -2.05. The van der Waals surface area contributed by atoms with E-state index in [1.54, 1.807) is 30.3 Å². The number of benzene rings is 2. The summed E-state index contributed by atoms with van der Waals surface area (Å²) in [6.45, 7) is 0.614. The van der Waals surface area contributed by atoms with Crippen LogP contribution in [0, 0.1) is 0 Å². The molecular formula is C19H18N4O2. The Morgan fingerprint density at radius 3 is 2.80 bits per heavy atom. The van der Waals surface area contributed by atoms with Gasteiger partial charge in [0.2, 0.25) is 0 Å². The Hall–Kier alpha value is -3.41. The van der Waals surface area contributed by atoms with Crippen LogP contribution in [0.1, 0.15) is 21.5 Å². The van der Waals surface area contributed by atoms with Gasteiger partial charge < -0.3 is 4.74 Å². The summed E-state index contributed by atoms with van der Waals surface area (Å²) in [6.07, 6.45) is 5.20. The topological polar surface area (TPSA) is 68.5 Å². The second kappa shape index (κ2) is 7.92. The van der Waals surface area contributed by atoms with E-state index in [1.807, 2.05) is 54.7 Å². The highest BCUT2D eigenvalue weighted by atomic mass is 16.5. The Morgan fingerprint density at radius 2 is 2.08 bits per heavy atom. The lowest BCUT2D eigenvalue weighted by atomic mass is 10.1. The third-order valence-electron chi connectivity index (χ3n) is 3.59. The Balaban J connectivity index is 1.61. The molecule has 0 saturated carbocycles. The lowest BCUT2D eigenvalue weighted by molar-refractivity contribution is 0.0955. The maximum Gasteiger partial charge on any atom is 0.271 e. The van der Waals surface area contributed by atoms with Crippen molar-refractivity contribution in [3.63, 3.8) is 0 Å². The third kappa shape index (κ3) is 4.54. The quantitative estimate of drug-likeness (QED) is 0.557. The maximum atomic E-state index is 12.2. The van der Waals surface area contributed by atoms with Gasteiger partial charge in [-0.3, -0.25) is 9.48 Å². The van der Waals surface area contributed by atoms with Crippen molar-refractivity contribution in [2.45, 2.75) is 6.54 Å². The Bertz CT molecular complexity index is 855. The van der Waals surface area contributed by atoms with E-state index in [0.29, 0.717) is 12.1 Å². The lowest BCUT2D eigenvalue weighted by Crippen LogP contribution is -2.18. The van der Waals surface area contributed by atoms with Crippen LogP contribution in [0.3, 0.4) is 0 Å². The highest BCUT2D eigenvalue weighted by molar-refractivity contribution is 5.95. The van der Waals surface area contributed by atoms with Crippen molar-refractivity contribution < 1.29 is 9.53 Å². The van der Waals surface area contributed by atoms with Crippen LogP contribution in [0.2, 0.25) is 0 Å². The molecule has 2 aromatic carbocycles. The molecule has 25 heavy (non-hydrogen) atoms. The van der Waals surface area contributed by atoms with E-state index in [-0.39, 0.29) is 5.91 Å². The van der Waals surface area contributed by atoms with Crippen molar-refractivity contribution in [2.75, 3.05) is 7.11 Å². The van der Waals surface area contributed by atoms with Gasteiger partial charge in [0.05, 0.1) is 19.9 Å². The number of methoxy groups -OCH3 is 1. The Labute approximate surface area is 145 Å². The molecule has 3 aromatic rings. The first-order valence-electron chi connectivity index (χ1n) is 7.78.